The zero-order chi connectivity index (χ0) is 14.4. The fourth-order valence-corrected chi connectivity index (χ4v) is 2.57. The molecule has 0 saturated carbocycles. The minimum atomic E-state index is 0.194. The Kier molecular flexibility index (Phi) is 5.27. The number of nitrogens with zero attached hydrogens (tertiary/aromatic N) is 1. The summed E-state index contributed by atoms with van der Waals surface area (Å²) < 4.78 is 0. The van der Waals surface area contributed by atoms with Crippen LogP contribution in [0.2, 0.25) is 0 Å². The molecule has 20 heavy (non-hydrogen) atoms. The van der Waals surface area contributed by atoms with Crippen molar-refractivity contribution in [2.24, 2.45) is 5.84 Å². The molecule has 0 saturated heterocycles. The minimum absolute atomic E-state index is 0.194. The Morgan fingerprint density at radius 3 is 2.35 bits per heavy atom. The predicted octanol–water partition coefficient (Wildman–Crippen LogP) is 3.23. The van der Waals surface area contributed by atoms with Gasteiger partial charge in [-0.1, -0.05) is 30.3 Å². The summed E-state index contributed by atoms with van der Waals surface area (Å²) in [6.07, 6.45) is 3.22. The first-order chi connectivity index (χ1) is 9.69. The van der Waals surface area contributed by atoms with E-state index in [0.29, 0.717) is 0 Å². The van der Waals surface area contributed by atoms with Gasteiger partial charge in [0.05, 0.1) is 0 Å². The zero-order valence-corrected chi connectivity index (χ0v) is 12.3. The molecule has 1 unspecified atom stereocenters. The first-order valence-electron chi connectivity index (χ1n) is 7.14. The van der Waals surface area contributed by atoms with Crippen molar-refractivity contribution in [2.75, 3.05) is 0 Å². The van der Waals surface area contributed by atoms with Crippen molar-refractivity contribution in [3.8, 4) is 0 Å². The van der Waals surface area contributed by atoms with E-state index in [1.165, 1.54) is 11.1 Å². The fourth-order valence-electron chi connectivity index (χ4n) is 2.57. The van der Waals surface area contributed by atoms with E-state index in [-0.39, 0.29) is 6.04 Å². The number of hydrogen-bond donors (Lipinski definition) is 2. The highest BCUT2D eigenvalue weighted by atomic mass is 15.2. The summed E-state index contributed by atoms with van der Waals surface area (Å²) in [6.45, 7) is 4.04. The maximum atomic E-state index is 5.71. The first-order valence-corrected chi connectivity index (χ1v) is 7.14. The smallest absolute Gasteiger partial charge is 0.0461 e. The number of benzene rings is 1. The molecule has 0 bridgehead atoms. The van der Waals surface area contributed by atoms with Crippen LogP contribution in [0.1, 0.15) is 41.4 Å². The average molecular weight is 269 g/mol. The van der Waals surface area contributed by atoms with E-state index in [0.717, 1.165) is 30.7 Å². The van der Waals surface area contributed by atoms with Crippen molar-refractivity contribution >= 4 is 0 Å². The Labute approximate surface area is 121 Å². The number of hydrazine groups is 1. The number of pyridine rings is 1. The molecule has 1 aromatic carbocycles. The molecule has 2 rings (SSSR count). The summed E-state index contributed by atoms with van der Waals surface area (Å²) in [5.41, 5.74) is 7.63. The number of aromatic nitrogens is 1. The monoisotopic (exact) mass is 269 g/mol. The lowest BCUT2D eigenvalue weighted by molar-refractivity contribution is 0.497. The van der Waals surface area contributed by atoms with Crippen LogP contribution in [0.3, 0.4) is 0 Å². The number of nitrogens with one attached hydrogen (secondary N) is 1. The van der Waals surface area contributed by atoms with Gasteiger partial charge in [0.15, 0.2) is 0 Å². The van der Waals surface area contributed by atoms with Gasteiger partial charge in [0.25, 0.3) is 0 Å². The zero-order valence-electron chi connectivity index (χ0n) is 12.3. The molecule has 0 spiro atoms. The first kappa shape index (κ1) is 14.7. The SMILES string of the molecule is Cc1cc(C(CCCc2ccccc2)NN)cc(C)n1. The van der Waals surface area contributed by atoms with E-state index in [1.807, 2.05) is 13.8 Å². The van der Waals surface area contributed by atoms with Gasteiger partial charge in [-0.2, -0.15) is 0 Å². The topological polar surface area (TPSA) is 50.9 Å². The van der Waals surface area contributed by atoms with Crippen LogP contribution >= 0.6 is 0 Å². The summed E-state index contributed by atoms with van der Waals surface area (Å²) in [5.74, 6) is 5.71. The molecule has 0 fully saturated rings. The van der Waals surface area contributed by atoms with Gasteiger partial charge in [-0.3, -0.25) is 16.3 Å². The second-order valence-corrected chi connectivity index (χ2v) is 5.28. The third-order valence-electron chi connectivity index (χ3n) is 3.51. The van der Waals surface area contributed by atoms with Gasteiger partial charge in [-0.05, 0) is 56.4 Å². The van der Waals surface area contributed by atoms with Crippen LogP contribution in [0.15, 0.2) is 42.5 Å². The molecule has 3 N–H and O–H groups in total. The Morgan fingerprint density at radius 2 is 1.75 bits per heavy atom. The summed E-state index contributed by atoms with van der Waals surface area (Å²) >= 11 is 0. The van der Waals surface area contributed by atoms with Crippen molar-refractivity contribution < 1.29 is 0 Å². The van der Waals surface area contributed by atoms with E-state index >= 15 is 0 Å². The molecular formula is C17H23N3. The molecule has 1 heterocycles. The van der Waals surface area contributed by atoms with Gasteiger partial charge in [0, 0.05) is 17.4 Å². The Morgan fingerprint density at radius 1 is 1.10 bits per heavy atom. The van der Waals surface area contributed by atoms with Crippen LogP contribution in [-0.2, 0) is 6.42 Å². The van der Waals surface area contributed by atoms with Gasteiger partial charge < -0.3 is 0 Å². The summed E-state index contributed by atoms with van der Waals surface area (Å²) in [6, 6.07) is 15.0. The normalized spacial score (nSPS) is 12.3. The summed E-state index contributed by atoms with van der Waals surface area (Å²) in [5, 5.41) is 0. The third-order valence-corrected chi connectivity index (χ3v) is 3.51. The lowest BCUT2D eigenvalue weighted by Crippen LogP contribution is -2.28. The van der Waals surface area contributed by atoms with Crippen molar-refractivity contribution in [3.63, 3.8) is 0 Å². The summed E-state index contributed by atoms with van der Waals surface area (Å²) in [4.78, 5) is 4.41. The van der Waals surface area contributed by atoms with E-state index in [1.54, 1.807) is 0 Å². The number of nitrogens with two attached hydrogens (primary N) is 1. The van der Waals surface area contributed by atoms with Crippen LogP contribution in [-0.4, -0.2) is 4.98 Å². The van der Waals surface area contributed by atoms with E-state index in [9.17, 15) is 0 Å². The molecule has 1 atom stereocenters. The van der Waals surface area contributed by atoms with Crippen LogP contribution in [0.25, 0.3) is 0 Å². The van der Waals surface area contributed by atoms with Crippen molar-refractivity contribution in [1.82, 2.24) is 10.4 Å². The molecule has 3 nitrogen and oxygen atoms in total. The molecule has 0 aliphatic heterocycles. The van der Waals surface area contributed by atoms with Crippen molar-refractivity contribution in [1.29, 1.82) is 0 Å². The predicted molar refractivity (Wildman–Crippen MR) is 83.2 cm³/mol. The average Bonchev–Trinajstić information content (AvgIpc) is 2.43. The van der Waals surface area contributed by atoms with Gasteiger partial charge >= 0.3 is 0 Å². The molecule has 2 aromatic rings. The molecule has 106 valence electrons. The third kappa shape index (κ3) is 4.15. The minimum Gasteiger partial charge on any atom is -0.271 e. The quantitative estimate of drug-likeness (QED) is 0.625. The fraction of sp³-hybridized carbons (Fsp3) is 0.353. The highest BCUT2D eigenvalue weighted by Crippen LogP contribution is 2.20. The van der Waals surface area contributed by atoms with Gasteiger partial charge in [0.2, 0.25) is 0 Å². The molecule has 1 aromatic heterocycles. The molecule has 3 heteroatoms. The molecule has 0 aliphatic carbocycles. The van der Waals surface area contributed by atoms with Crippen LogP contribution < -0.4 is 11.3 Å². The van der Waals surface area contributed by atoms with Crippen LogP contribution in [0.4, 0.5) is 0 Å². The Bertz CT molecular complexity index is 517. The maximum absolute atomic E-state index is 5.71. The molecule has 0 aliphatic rings. The standard InChI is InChI=1S/C17H23N3/c1-13-11-16(12-14(2)19-13)17(20-18)10-6-9-15-7-4-3-5-8-15/h3-5,7-8,11-12,17,20H,6,9-10,18H2,1-2H3. The Hall–Kier alpha value is -1.71. The van der Waals surface area contributed by atoms with Crippen molar-refractivity contribution in [2.45, 2.75) is 39.2 Å². The largest absolute Gasteiger partial charge is 0.271 e. The van der Waals surface area contributed by atoms with E-state index in [2.05, 4.69) is 52.9 Å². The second kappa shape index (κ2) is 7.17. The van der Waals surface area contributed by atoms with Crippen LogP contribution in [0.5, 0.6) is 0 Å². The number of rotatable bonds is 6. The lowest BCUT2D eigenvalue weighted by Gasteiger charge is -2.17. The molecule has 0 amide bonds. The molecular weight excluding hydrogens is 246 g/mol. The second-order valence-electron chi connectivity index (χ2n) is 5.28. The number of hydrogen-bond acceptors (Lipinski definition) is 3. The highest BCUT2D eigenvalue weighted by Gasteiger charge is 2.10. The van der Waals surface area contributed by atoms with Gasteiger partial charge in [0.1, 0.15) is 0 Å². The summed E-state index contributed by atoms with van der Waals surface area (Å²) in [7, 11) is 0. The van der Waals surface area contributed by atoms with E-state index < -0.39 is 0 Å². The van der Waals surface area contributed by atoms with Crippen LogP contribution in [0, 0.1) is 13.8 Å². The van der Waals surface area contributed by atoms with Gasteiger partial charge in [-0.15, -0.1) is 0 Å². The molecule has 0 radical (unpaired) electrons. The van der Waals surface area contributed by atoms with Crippen molar-refractivity contribution in [3.05, 3.63) is 65.0 Å². The van der Waals surface area contributed by atoms with E-state index in [4.69, 9.17) is 5.84 Å². The number of aryl methyl sites for hydroxylation is 3. The lowest BCUT2D eigenvalue weighted by atomic mass is 9.99. The van der Waals surface area contributed by atoms with Gasteiger partial charge in [-0.25, -0.2) is 0 Å². The Balaban J connectivity index is 1.95. The highest BCUT2D eigenvalue weighted by molar-refractivity contribution is 5.23. The maximum Gasteiger partial charge on any atom is 0.0461 e.